The number of furan rings is 1. The Kier molecular flexibility index (Phi) is 6.86. The number of ether oxygens (including phenoxy) is 1. The number of hydrogen-bond donors (Lipinski definition) is 1. The lowest BCUT2D eigenvalue weighted by Crippen LogP contribution is -2.30. The first-order valence-corrected chi connectivity index (χ1v) is 11.3. The molecule has 1 N–H and O–H groups in total. The molecular formula is C23H21BrFN3O3S. The minimum Gasteiger partial charge on any atom is -0.469 e. The molecule has 0 saturated carbocycles. The minimum atomic E-state index is -0.329. The SMILES string of the molecule is COC(=O)CCCN1C(=S)N[C@H](c2ccccn2)[C@H]1c1ccc(-c2ccc(F)cc2Br)o1. The molecule has 3 heterocycles. The Morgan fingerprint density at radius 2 is 2.16 bits per heavy atom. The van der Waals surface area contributed by atoms with E-state index in [1.807, 2.05) is 35.2 Å². The second-order valence-corrected chi connectivity index (χ2v) is 8.57. The molecule has 0 aliphatic carbocycles. The third-order valence-corrected chi connectivity index (χ3v) is 6.33. The maximum Gasteiger partial charge on any atom is 0.305 e. The van der Waals surface area contributed by atoms with Crippen molar-refractivity contribution in [2.45, 2.75) is 24.9 Å². The Morgan fingerprint density at radius 1 is 1.31 bits per heavy atom. The Hall–Kier alpha value is -2.78. The van der Waals surface area contributed by atoms with Gasteiger partial charge in [0.1, 0.15) is 23.4 Å². The molecule has 9 heteroatoms. The van der Waals surface area contributed by atoms with Gasteiger partial charge in [-0.25, -0.2) is 4.39 Å². The summed E-state index contributed by atoms with van der Waals surface area (Å²) in [4.78, 5) is 18.1. The summed E-state index contributed by atoms with van der Waals surface area (Å²) in [7, 11) is 1.38. The van der Waals surface area contributed by atoms with Crippen molar-refractivity contribution in [2.75, 3.05) is 13.7 Å². The van der Waals surface area contributed by atoms with Gasteiger partial charge in [0.05, 0.1) is 18.8 Å². The first kappa shape index (κ1) is 22.4. The lowest BCUT2D eigenvalue weighted by atomic mass is 10.0. The van der Waals surface area contributed by atoms with Gasteiger partial charge in [-0.1, -0.05) is 6.07 Å². The predicted molar refractivity (Wildman–Crippen MR) is 125 cm³/mol. The molecule has 2 atom stereocenters. The van der Waals surface area contributed by atoms with Crippen LogP contribution in [-0.2, 0) is 9.53 Å². The monoisotopic (exact) mass is 517 g/mol. The molecule has 0 radical (unpaired) electrons. The van der Waals surface area contributed by atoms with Crippen molar-refractivity contribution in [2.24, 2.45) is 0 Å². The molecule has 1 fully saturated rings. The second-order valence-electron chi connectivity index (χ2n) is 7.33. The normalized spacial score (nSPS) is 18.0. The molecule has 1 aliphatic rings. The summed E-state index contributed by atoms with van der Waals surface area (Å²) in [6.45, 7) is 0.547. The molecule has 4 rings (SSSR count). The number of nitrogens with one attached hydrogen (secondary N) is 1. The van der Waals surface area contributed by atoms with E-state index in [9.17, 15) is 9.18 Å². The van der Waals surface area contributed by atoms with E-state index in [1.54, 1.807) is 12.3 Å². The average Bonchev–Trinajstić information content (AvgIpc) is 3.39. The zero-order chi connectivity index (χ0) is 22.7. The third-order valence-electron chi connectivity index (χ3n) is 5.32. The summed E-state index contributed by atoms with van der Waals surface area (Å²) < 4.78 is 25.1. The molecule has 0 unspecified atom stereocenters. The molecule has 1 aromatic carbocycles. The van der Waals surface area contributed by atoms with Crippen LogP contribution in [0.3, 0.4) is 0 Å². The van der Waals surface area contributed by atoms with Crippen molar-refractivity contribution in [3.8, 4) is 11.3 Å². The Morgan fingerprint density at radius 3 is 2.88 bits per heavy atom. The number of esters is 1. The van der Waals surface area contributed by atoms with Crippen LogP contribution in [0.5, 0.6) is 0 Å². The molecule has 1 saturated heterocycles. The highest BCUT2D eigenvalue weighted by atomic mass is 79.9. The van der Waals surface area contributed by atoms with E-state index in [1.165, 1.54) is 19.2 Å². The van der Waals surface area contributed by atoms with Gasteiger partial charge >= 0.3 is 5.97 Å². The molecule has 3 aromatic rings. The van der Waals surface area contributed by atoms with E-state index in [0.717, 1.165) is 11.3 Å². The molecule has 0 bridgehead atoms. The van der Waals surface area contributed by atoms with Crippen LogP contribution < -0.4 is 5.32 Å². The first-order chi connectivity index (χ1) is 15.5. The first-order valence-electron chi connectivity index (χ1n) is 10.1. The highest BCUT2D eigenvalue weighted by molar-refractivity contribution is 9.10. The third kappa shape index (κ3) is 4.68. The molecule has 1 aliphatic heterocycles. The number of nitrogens with zero attached hydrogens (tertiary/aromatic N) is 2. The van der Waals surface area contributed by atoms with E-state index in [4.69, 9.17) is 21.4 Å². The van der Waals surface area contributed by atoms with Crippen molar-refractivity contribution in [3.63, 3.8) is 0 Å². The molecule has 166 valence electrons. The van der Waals surface area contributed by atoms with Crippen LogP contribution in [0.15, 0.2) is 63.6 Å². The molecule has 32 heavy (non-hydrogen) atoms. The minimum absolute atomic E-state index is 0.225. The van der Waals surface area contributed by atoms with Crippen molar-refractivity contribution in [3.05, 3.63) is 76.5 Å². The lowest BCUT2D eigenvalue weighted by Gasteiger charge is -2.25. The number of aromatic nitrogens is 1. The van der Waals surface area contributed by atoms with Gasteiger partial charge in [-0.2, -0.15) is 0 Å². The number of benzene rings is 1. The summed E-state index contributed by atoms with van der Waals surface area (Å²) in [5.74, 6) is 0.711. The van der Waals surface area contributed by atoms with E-state index in [0.29, 0.717) is 40.5 Å². The van der Waals surface area contributed by atoms with Gasteiger partial charge in [-0.3, -0.25) is 9.78 Å². The fourth-order valence-corrected chi connectivity index (χ4v) is 4.67. The number of halogens is 2. The van der Waals surface area contributed by atoms with Crippen LogP contribution in [0.25, 0.3) is 11.3 Å². The van der Waals surface area contributed by atoms with Crippen molar-refractivity contribution < 1.29 is 18.3 Å². The van der Waals surface area contributed by atoms with Gasteiger partial charge < -0.3 is 19.4 Å². The standard InChI is InChI=1S/C23H21BrFN3O3S/c1-30-20(29)6-4-12-28-22(21(27-23(28)32)17-5-2-3-11-26-17)19-10-9-18(31-19)15-8-7-14(25)13-16(15)24/h2-3,5,7-11,13,21-22H,4,6,12H2,1H3,(H,27,32)/t21-,22-/m1/s1. The van der Waals surface area contributed by atoms with Gasteiger partial charge in [-0.05, 0) is 77.0 Å². The number of thiocarbonyl (C=S) groups is 1. The summed E-state index contributed by atoms with van der Waals surface area (Å²) in [6, 6.07) is 13.5. The average molecular weight is 518 g/mol. The van der Waals surface area contributed by atoms with Crippen LogP contribution in [0.4, 0.5) is 4.39 Å². The largest absolute Gasteiger partial charge is 0.469 e. The van der Waals surface area contributed by atoms with E-state index >= 15 is 0 Å². The maximum atomic E-state index is 13.5. The Labute approximate surface area is 198 Å². The number of carbonyl (C=O) groups excluding carboxylic acids is 1. The second kappa shape index (κ2) is 9.79. The van der Waals surface area contributed by atoms with Gasteiger partial charge in [0.25, 0.3) is 0 Å². The van der Waals surface area contributed by atoms with E-state index in [-0.39, 0.29) is 23.9 Å². The number of rotatable bonds is 7. The number of carbonyl (C=O) groups is 1. The zero-order valence-electron chi connectivity index (χ0n) is 17.3. The summed E-state index contributed by atoms with van der Waals surface area (Å²) >= 11 is 9.02. The fourth-order valence-electron chi connectivity index (χ4n) is 3.80. The molecule has 2 aromatic heterocycles. The van der Waals surface area contributed by atoms with Crippen molar-refractivity contribution >= 4 is 39.2 Å². The van der Waals surface area contributed by atoms with Gasteiger partial charge in [0, 0.05) is 29.2 Å². The number of pyridine rings is 1. The van der Waals surface area contributed by atoms with Crippen LogP contribution in [0, 0.1) is 5.82 Å². The topological polar surface area (TPSA) is 67.6 Å². The molecule has 0 spiro atoms. The van der Waals surface area contributed by atoms with Crippen LogP contribution in [0.2, 0.25) is 0 Å². The lowest BCUT2D eigenvalue weighted by molar-refractivity contribution is -0.140. The van der Waals surface area contributed by atoms with Gasteiger partial charge in [0.15, 0.2) is 5.11 Å². The molecule has 6 nitrogen and oxygen atoms in total. The maximum absolute atomic E-state index is 13.5. The summed E-state index contributed by atoms with van der Waals surface area (Å²) in [6.07, 6.45) is 2.61. The van der Waals surface area contributed by atoms with Crippen molar-refractivity contribution in [1.82, 2.24) is 15.2 Å². The van der Waals surface area contributed by atoms with Gasteiger partial charge in [-0.15, -0.1) is 0 Å². The highest BCUT2D eigenvalue weighted by Gasteiger charge is 2.41. The highest BCUT2D eigenvalue weighted by Crippen LogP contribution is 2.41. The Bertz CT molecular complexity index is 1120. The zero-order valence-corrected chi connectivity index (χ0v) is 19.7. The fraction of sp³-hybridized carbons (Fsp3) is 0.261. The van der Waals surface area contributed by atoms with E-state index < -0.39 is 0 Å². The van der Waals surface area contributed by atoms with Crippen molar-refractivity contribution in [1.29, 1.82) is 0 Å². The molecular weight excluding hydrogens is 497 g/mol. The van der Waals surface area contributed by atoms with Gasteiger partial charge in [0.2, 0.25) is 0 Å². The van der Waals surface area contributed by atoms with E-state index in [2.05, 4.69) is 26.2 Å². The number of hydrogen-bond acceptors (Lipinski definition) is 5. The van der Waals surface area contributed by atoms with Crippen LogP contribution >= 0.6 is 28.1 Å². The summed E-state index contributed by atoms with van der Waals surface area (Å²) in [5, 5.41) is 3.91. The predicted octanol–water partition coefficient (Wildman–Crippen LogP) is 5.17. The number of methoxy groups -OCH3 is 1. The molecule has 0 amide bonds. The van der Waals surface area contributed by atoms with Crippen LogP contribution in [-0.4, -0.2) is 34.6 Å². The smallest absolute Gasteiger partial charge is 0.305 e. The Balaban J connectivity index is 1.66. The quantitative estimate of drug-likeness (QED) is 0.342. The summed E-state index contributed by atoms with van der Waals surface area (Å²) in [5.41, 5.74) is 1.58. The van der Waals surface area contributed by atoms with Crippen LogP contribution in [0.1, 0.15) is 36.4 Å².